The molecule has 4 heteroatoms. The number of nitrogens with one attached hydrogen (secondary N) is 1. The molecule has 1 N–H and O–H groups in total. The van der Waals surface area contributed by atoms with Crippen LogP contribution in [0.5, 0.6) is 0 Å². The summed E-state index contributed by atoms with van der Waals surface area (Å²) in [5, 5.41) is 2.85. The van der Waals surface area contributed by atoms with Crippen LogP contribution in [0, 0.1) is 25.5 Å². The molecule has 0 aliphatic heterocycles. The maximum absolute atomic E-state index is 14.0. The second-order valence-electron chi connectivity index (χ2n) is 5.33. The Morgan fingerprint density at radius 2 is 1.62 bits per heavy atom. The third-order valence-corrected chi connectivity index (χ3v) is 3.77. The third kappa shape index (κ3) is 3.80. The van der Waals surface area contributed by atoms with E-state index in [2.05, 4.69) is 23.5 Å². The predicted molar refractivity (Wildman–Crippen MR) is 82.8 cm³/mol. The van der Waals surface area contributed by atoms with Crippen LogP contribution >= 0.6 is 11.6 Å². The third-order valence-electron chi connectivity index (χ3n) is 3.48. The second kappa shape index (κ2) is 6.54. The molecule has 2 aromatic carbocycles. The van der Waals surface area contributed by atoms with E-state index >= 15 is 0 Å². The Kier molecular flexibility index (Phi) is 4.96. The van der Waals surface area contributed by atoms with Gasteiger partial charge in [-0.3, -0.25) is 0 Å². The van der Waals surface area contributed by atoms with Crippen molar-refractivity contribution in [3.8, 4) is 0 Å². The summed E-state index contributed by atoms with van der Waals surface area (Å²) in [7, 11) is 1.74. The lowest BCUT2D eigenvalue weighted by Crippen LogP contribution is -2.20. The molecule has 0 amide bonds. The molecule has 21 heavy (non-hydrogen) atoms. The standard InChI is InChI=1S/C17H18ClF2N/c1-10-4-11(2)6-12(5-10)7-17(21-3)13-8-16(20)14(18)9-15(13)19/h4-6,8-9,17,21H,7H2,1-3H3. The van der Waals surface area contributed by atoms with Crippen LogP contribution < -0.4 is 5.32 Å². The van der Waals surface area contributed by atoms with Crippen molar-refractivity contribution < 1.29 is 8.78 Å². The minimum atomic E-state index is -0.603. The summed E-state index contributed by atoms with van der Waals surface area (Å²) >= 11 is 5.60. The Hall–Kier alpha value is -1.45. The summed E-state index contributed by atoms with van der Waals surface area (Å²) < 4.78 is 27.6. The van der Waals surface area contributed by atoms with Crippen molar-refractivity contribution in [3.63, 3.8) is 0 Å². The Morgan fingerprint density at radius 1 is 1.00 bits per heavy atom. The van der Waals surface area contributed by atoms with Crippen molar-refractivity contribution in [2.24, 2.45) is 0 Å². The van der Waals surface area contributed by atoms with Crippen molar-refractivity contribution in [2.45, 2.75) is 26.3 Å². The SMILES string of the molecule is CNC(Cc1cc(C)cc(C)c1)c1cc(F)c(Cl)cc1F. The van der Waals surface area contributed by atoms with Crippen LogP contribution in [-0.4, -0.2) is 7.05 Å². The first kappa shape index (κ1) is 15.9. The number of hydrogen-bond donors (Lipinski definition) is 1. The zero-order chi connectivity index (χ0) is 15.6. The Labute approximate surface area is 128 Å². The van der Waals surface area contributed by atoms with E-state index in [0.29, 0.717) is 12.0 Å². The van der Waals surface area contributed by atoms with E-state index in [1.54, 1.807) is 7.05 Å². The van der Waals surface area contributed by atoms with Gasteiger partial charge in [-0.1, -0.05) is 40.9 Å². The molecule has 0 aliphatic rings. The first-order valence-electron chi connectivity index (χ1n) is 6.79. The summed E-state index contributed by atoms with van der Waals surface area (Å²) in [5.41, 5.74) is 3.69. The molecule has 2 aromatic rings. The topological polar surface area (TPSA) is 12.0 Å². The van der Waals surface area contributed by atoms with Crippen molar-refractivity contribution in [1.29, 1.82) is 0 Å². The lowest BCUT2D eigenvalue weighted by Gasteiger charge is -2.18. The molecule has 1 atom stereocenters. The van der Waals surface area contributed by atoms with Crippen LogP contribution in [0.1, 0.15) is 28.3 Å². The van der Waals surface area contributed by atoms with Gasteiger partial charge < -0.3 is 5.32 Å². The fraction of sp³-hybridized carbons (Fsp3) is 0.294. The normalized spacial score (nSPS) is 12.5. The highest BCUT2D eigenvalue weighted by Gasteiger charge is 2.17. The van der Waals surface area contributed by atoms with Gasteiger partial charge >= 0.3 is 0 Å². The summed E-state index contributed by atoms with van der Waals surface area (Å²) in [6, 6.07) is 8.08. The van der Waals surface area contributed by atoms with E-state index in [1.165, 1.54) is 6.07 Å². The first-order chi connectivity index (χ1) is 9.90. The zero-order valence-corrected chi connectivity index (χ0v) is 13.1. The summed E-state index contributed by atoms with van der Waals surface area (Å²) in [6.07, 6.45) is 0.580. The molecule has 0 spiro atoms. The minimum absolute atomic E-state index is 0.197. The highest BCUT2D eigenvalue weighted by atomic mass is 35.5. The second-order valence-corrected chi connectivity index (χ2v) is 5.74. The number of benzene rings is 2. The van der Waals surface area contributed by atoms with E-state index in [0.717, 1.165) is 22.8 Å². The number of hydrogen-bond acceptors (Lipinski definition) is 1. The van der Waals surface area contributed by atoms with Gasteiger partial charge in [0.2, 0.25) is 0 Å². The highest BCUT2D eigenvalue weighted by Crippen LogP contribution is 2.26. The van der Waals surface area contributed by atoms with Gasteiger partial charge in [0.1, 0.15) is 11.6 Å². The molecule has 0 aliphatic carbocycles. The zero-order valence-electron chi connectivity index (χ0n) is 12.3. The van der Waals surface area contributed by atoms with Gasteiger partial charge in [-0.2, -0.15) is 0 Å². The van der Waals surface area contributed by atoms with Crippen molar-refractivity contribution in [3.05, 3.63) is 69.2 Å². The first-order valence-corrected chi connectivity index (χ1v) is 7.17. The Balaban J connectivity index is 2.34. The lowest BCUT2D eigenvalue weighted by atomic mass is 9.96. The van der Waals surface area contributed by atoms with E-state index in [4.69, 9.17) is 11.6 Å². The number of aryl methyl sites for hydroxylation is 2. The fourth-order valence-corrected chi connectivity index (χ4v) is 2.75. The quantitative estimate of drug-likeness (QED) is 0.805. The van der Waals surface area contributed by atoms with E-state index < -0.39 is 11.6 Å². The van der Waals surface area contributed by atoms with Gasteiger partial charge in [-0.15, -0.1) is 0 Å². The van der Waals surface area contributed by atoms with Crippen LogP contribution in [0.15, 0.2) is 30.3 Å². The Morgan fingerprint density at radius 3 is 2.19 bits per heavy atom. The Bertz CT molecular complexity index is 635. The molecule has 0 saturated carbocycles. The van der Waals surface area contributed by atoms with Crippen LogP contribution in [0.4, 0.5) is 8.78 Å². The maximum Gasteiger partial charge on any atom is 0.142 e. The minimum Gasteiger partial charge on any atom is -0.313 e. The molecular formula is C17H18ClF2N. The fourth-order valence-electron chi connectivity index (χ4n) is 2.60. The molecule has 0 heterocycles. The number of halogens is 3. The summed E-state index contributed by atoms with van der Waals surface area (Å²) in [5.74, 6) is -1.10. The largest absolute Gasteiger partial charge is 0.313 e. The van der Waals surface area contributed by atoms with Gasteiger partial charge in [0.05, 0.1) is 5.02 Å². The molecule has 0 saturated heterocycles. The van der Waals surface area contributed by atoms with Crippen molar-refractivity contribution >= 4 is 11.6 Å². The lowest BCUT2D eigenvalue weighted by molar-refractivity contribution is 0.523. The molecule has 1 nitrogen and oxygen atoms in total. The average Bonchev–Trinajstić information content (AvgIpc) is 2.39. The predicted octanol–water partition coefficient (Wildman–Crippen LogP) is 4.74. The molecule has 0 aromatic heterocycles. The molecule has 112 valence electrons. The molecule has 0 fully saturated rings. The monoisotopic (exact) mass is 309 g/mol. The van der Waals surface area contributed by atoms with Crippen LogP contribution in [0.25, 0.3) is 0 Å². The van der Waals surface area contributed by atoms with Gasteiger partial charge in [-0.25, -0.2) is 8.78 Å². The summed E-state index contributed by atoms with van der Waals surface area (Å²) in [4.78, 5) is 0. The van der Waals surface area contributed by atoms with E-state index in [-0.39, 0.29) is 11.1 Å². The van der Waals surface area contributed by atoms with E-state index in [1.807, 2.05) is 13.8 Å². The van der Waals surface area contributed by atoms with Gasteiger partial charge in [0.15, 0.2) is 0 Å². The number of rotatable bonds is 4. The molecular weight excluding hydrogens is 292 g/mol. The summed E-state index contributed by atoms with van der Waals surface area (Å²) in [6.45, 7) is 4.04. The van der Waals surface area contributed by atoms with Gasteiger partial charge in [0.25, 0.3) is 0 Å². The molecule has 1 unspecified atom stereocenters. The highest BCUT2D eigenvalue weighted by molar-refractivity contribution is 6.30. The van der Waals surface area contributed by atoms with Crippen molar-refractivity contribution in [2.75, 3.05) is 7.05 Å². The van der Waals surface area contributed by atoms with Crippen LogP contribution in [0.2, 0.25) is 5.02 Å². The molecule has 0 bridgehead atoms. The molecule has 0 radical (unpaired) electrons. The van der Waals surface area contributed by atoms with Crippen molar-refractivity contribution in [1.82, 2.24) is 5.32 Å². The van der Waals surface area contributed by atoms with E-state index in [9.17, 15) is 8.78 Å². The van der Waals surface area contributed by atoms with Crippen LogP contribution in [0.3, 0.4) is 0 Å². The van der Waals surface area contributed by atoms with Crippen LogP contribution in [-0.2, 0) is 6.42 Å². The number of likely N-dealkylation sites (N-methyl/N-ethyl adjacent to an activating group) is 1. The smallest absolute Gasteiger partial charge is 0.142 e. The van der Waals surface area contributed by atoms with Gasteiger partial charge in [-0.05, 0) is 45.0 Å². The maximum atomic E-state index is 14.0. The van der Waals surface area contributed by atoms with Gasteiger partial charge in [0, 0.05) is 11.6 Å². The average molecular weight is 310 g/mol. The molecule has 2 rings (SSSR count).